The van der Waals surface area contributed by atoms with E-state index >= 15 is 0 Å². The summed E-state index contributed by atoms with van der Waals surface area (Å²) in [4.78, 5) is 14.5. The summed E-state index contributed by atoms with van der Waals surface area (Å²) < 4.78 is 1.62. The molecule has 2 heterocycles. The zero-order chi connectivity index (χ0) is 18.1. The van der Waals surface area contributed by atoms with Crippen molar-refractivity contribution in [2.75, 3.05) is 6.54 Å². The van der Waals surface area contributed by atoms with Gasteiger partial charge in [-0.1, -0.05) is 30.3 Å². The molecule has 0 atom stereocenters. The highest BCUT2D eigenvalue weighted by Gasteiger charge is 2.24. The molecule has 0 unspecified atom stereocenters. The van der Waals surface area contributed by atoms with Crippen molar-refractivity contribution in [3.63, 3.8) is 0 Å². The minimum Gasteiger partial charge on any atom is -0.508 e. The fourth-order valence-electron chi connectivity index (χ4n) is 3.25. The molecule has 2 aromatic carbocycles. The molecule has 1 aromatic heterocycles. The van der Waals surface area contributed by atoms with Crippen molar-refractivity contribution in [3.8, 4) is 11.4 Å². The molecule has 0 radical (unpaired) electrons. The summed E-state index contributed by atoms with van der Waals surface area (Å²) in [7, 11) is 0. The van der Waals surface area contributed by atoms with Crippen molar-refractivity contribution < 1.29 is 9.90 Å². The van der Waals surface area contributed by atoms with Crippen LogP contribution in [0, 0.1) is 0 Å². The number of aryl methyl sites for hydroxylation is 1. The van der Waals surface area contributed by atoms with E-state index in [9.17, 15) is 9.90 Å². The Balaban J connectivity index is 1.53. The highest BCUT2D eigenvalue weighted by atomic mass is 16.3. The molecule has 4 rings (SSSR count). The maximum absolute atomic E-state index is 12.8. The molecule has 1 aliphatic heterocycles. The number of rotatable bonds is 3. The van der Waals surface area contributed by atoms with E-state index in [-0.39, 0.29) is 11.7 Å². The molecule has 0 fully saturated rings. The van der Waals surface area contributed by atoms with Crippen LogP contribution in [-0.4, -0.2) is 37.5 Å². The Hall–Kier alpha value is -3.15. The molecule has 1 aliphatic rings. The van der Waals surface area contributed by atoms with Gasteiger partial charge in [0, 0.05) is 13.1 Å². The minimum atomic E-state index is -0.143. The fraction of sp³-hybridized carbons (Fsp3) is 0.250. The molecule has 0 saturated carbocycles. The first-order valence-corrected chi connectivity index (χ1v) is 8.76. The molecule has 0 bridgehead atoms. The monoisotopic (exact) mass is 348 g/mol. The number of phenolic OH excluding ortho intramolecular Hbond substituents is 1. The molecule has 0 spiro atoms. The molecular formula is C20H20N4O2. The van der Waals surface area contributed by atoms with Gasteiger partial charge in [0.05, 0.1) is 11.9 Å². The van der Waals surface area contributed by atoms with Gasteiger partial charge in [-0.3, -0.25) is 4.79 Å². The third-order valence-corrected chi connectivity index (χ3v) is 4.81. The van der Waals surface area contributed by atoms with Gasteiger partial charge in [0.15, 0.2) is 5.69 Å². The Morgan fingerprint density at radius 1 is 1.15 bits per heavy atom. The molecule has 0 aliphatic carbocycles. The molecule has 1 N–H and O–H groups in total. The molecular weight excluding hydrogens is 328 g/mol. The van der Waals surface area contributed by atoms with Gasteiger partial charge in [0.2, 0.25) is 0 Å². The van der Waals surface area contributed by atoms with Crippen LogP contribution < -0.4 is 0 Å². The molecule has 132 valence electrons. The van der Waals surface area contributed by atoms with Crippen molar-refractivity contribution in [1.82, 2.24) is 19.9 Å². The van der Waals surface area contributed by atoms with E-state index in [4.69, 9.17) is 0 Å². The summed E-state index contributed by atoms with van der Waals surface area (Å²) in [6, 6.07) is 13.4. The largest absolute Gasteiger partial charge is 0.508 e. The topological polar surface area (TPSA) is 71.2 Å². The van der Waals surface area contributed by atoms with E-state index in [2.05, 4.69) is 17.2 Å². The number of carbonyl (C=O) groups excluding carboxylic acids is 1. The fourth-order valence-corrected chi connectivity index (χ4v) is 3.25. The van der Waals surface area contributed by atoms with Crippen LogP contribution in [-0.2, 0) is 19.4 Å². The molecule has 3 aromatic rings. The normalized spacial score (nSPS) is 13.5. The zero-order valence-electron chi connectivity index (χ0n) is 14.6. The number of aromatic hydroxyl groups is 1. The second-order valence-corrected chi connectivity index (χ2v) is 6.50. The van der Waals surface area contributed by atoms with Crippen LogP contribution in [0.2, 0.25) is 0 Å². The first-order valence-electron chi connectivity index (χ1n) is 8.76. The van der Waals surface area contributed by atoms with E-state index in [0.717, 1.165) is 24.1 Å². The number of hydrogen-bond donors (Lipinski definition) is 1. The second-order valence-electron chi connectivity index (χ2n) is 6.50. The van der Waals surface area contributed by atoms with Gasteiger partial charge in [0.1, 0.15) is 5.75 Å². The van der Waals surface area contributed by atoms with Crippen molar-refractivity contribution in [1.29, 1.82) is 0 Å². The maximum Gasteiger partial charge on any atom is 0.276 e. The van der Waals surface area contributed by atoms with E-state index < -0.39 is 0 Å². The third-order valence-electron chi connectivity index (χ3n) is 4.81. The van der Waals surface area contributed by atoms with Crippen molar-refractivity contribution in [2.24, 2.45) is 0 Å². The van der Waals surface area contributed by atoms with Gasteiger partial charge in [-0.15, -0.1) is 5.10 Å². The molecule has 6 heteroatoms. The van der Waals surface area contributed by atoms with Gasteiger partial charge in [-0.2, -0.15) is 0 Å². The lowest BCUT2D eigenvalue weighted by Gasteiger charge is -2.28. The van der Waals surface area contributed by atoms with E-state index in [1.807, 2.05) is 30.3 Å². The van der Waals surface area contributed by atoms with Crippen molar-refractivity contribution in [2.45, 2.75) is 26.3 Å². The average Bonchev–Trinajstić information content (AvgIpc) is 3.17. The number of fused-ring (bicyclic) bond motifs is 1. The summed E-state index contributed by atoms with van der Waals surface area (Å²) in [6.07, 6.45) is 3.42. The van der Waals surface area contributed by atoms with Crippen LogP contribution in [0.1, 0.15) is 34.1 Å². The third kappa shape index (κ3) is 3.06. The Kier molecular flexibility index (Phi) is 4.16. The van der Waals surface area contributed by atoms with E-state index in [1.165, 1.54) is 11.1 Å². The molecule has 0 saturated heterocycles. The lowest BCUT2D eigenvalue weighted by molar-refractivity contribution is 0.0728. The van der Waals surface area contributed by atoms with Gasteiger partial charge in [0.25, 0.3) is 5.91 Å². The van der Waals surface area contributed by atoms with Gasteiger partial charge in [-0.25, -0.2) is 4.68 Å². The highest BCUT2D eigenvalue weighted by Crippen LogP contribution is 2.24. The SMILES string of the molecule is CCc1ccc(-n2cc(C(=O)N3CCc4ccc(O)cc4C3)nn2)cc1. The quantitative estimate of drug-likeness (QED) is 0.790. The van der Waals surface area contributed by atoms with Crippen LogP contribution in [0.5, 0.6) is 5.75 Å². The van der Waals surface area contributed by atoms with Crippen LogP contribution in [0.4, 0.5) is 0 Å². The highest BCUT2D eigenvalue weighted by molar-refractivity contribution is 5.92. The number of aromatic nitrogens is 3. The Labute approximate surface area is 151 Å². The van der Waals surface area contributed by atoms with Gasteiger partial charge in [-0.05, 0) is 53.8 Å². The Morgan fingerprint density at radius 3 is 2.73 bits per heavy atom. The van der Waals surface area contributed by atoms with E-state index in [1.54, 1.807) is 27.9 Å². The second kappa shape index (κ2) is 6.63. The summed E-state index contributed by atoms with van der Waals surface area (Å²) in [5.74, 6) is 0.0786. The average molecular weight is 348 g/mol. The number of phenols is 1. The number of carbonyl (C=O) groups is 1. The lowest BCUT2D eigenvalue weighted by atomic mass is 9.99. The summed E-state index contributed by atoms with van der Waals surface area (Å²) in [5.41, 5.74) is 4.61. The van der Waals surface area contributed by atoms with Crippen LogP contribution >= 0.6 is 0 Å². The number of benzene rings is 2. The van der Waals surface area contributed by atoms with Gasteiger partial charge < -0.3 is 10.0 Å². The summed E-state index contributed by atoms with van der Waals surface area (Å²) >= 11 is 0. The van der Waals surface area contributed by atoms with Crippen molar-refractivity contribution in [3.05, 3.63) is 71.0 Å². The smallest absolute Gasteiger partial charge is 0.276 e. The molecule has 26 heavy (non-hydrogen) atoms. The number of hydrogen-bond acceptors (Lipinski definition) is 4. The first-order chi connectivity index (χ1) is 12.6. The standard InChI is InChI=1S/C20H20N4O2/c1-2-14-3-6-17(7-4-14)24-13-19(21-22-24)20(26)23-10-9-15-5-8-18(25)11-16(15)12-23/h3-8,11,13,25H,2,9-10,12H2,1H3. The summed E-state index contributed by atoms with van der Waals surface area (Å²) in [5, 5.41) is 17.8. The lowest BCUT2D eigenvalue weighted by Crippen LogP contribution is -2.36. The number of amides is 1. The van der Waals surface area contributed by atoms with Crippen LogP contribution in [0.3, 0.4) is 0 Å². The minimum absolute atomic E-state index is 0.143. The van der Waals surface area contributed by atoms with Gasteiger partial charge >= 0.3 is 0 Å². The predicted octanol–water partition coefficient (Wildman–Crippen LogP) is 2.73. The Morgan fingerprint density at radius 2 is 1.96 bits per heavy atom. The van der Waals surface area contributed by atoms with Crippen LogP contribution in [0.25, 0.3) is 5.69 Å². The number of nitrogens with zero attached hydrogens (tertiary/aromatic N) is 4. The molecule has 1 amide bonds. The van der Waals surface area contributed by atoms with E-state index in [0.29, 0.717) is 18.8 Å². The maximum atomic E-state index is 12.8. The van der Waals surface area contributed by atoms with Crippen LogP contribution in [0.15, 0.2) is 48.7 Å². The Bertz CT molecular complexity index is 947. The molecule has 6 nitrogen and oxygen atoms in total. The predicted molar refractivity (Wildman–Crippen MR) is 97.3 cm³/mol. The first kappa shape index (κ1) is 16.3. The van der Waals surface area contributed by atoms with Crippen molar-refractivity contribution >= 4 is 5.91 Å². The summed E-state index contributed by atoms with van der Waals surface area (Å²) in [6.45, 7) is 3.22. The zero-order valence-corrected chi connectivity index (χ0v) is 14.6.